The zero-order valence-corrected chi connectivity index (χ0v) is 10.7. The number of ether oxygens (including phenoxy) is 1. The van der Waals surface area contributed by atoms with E-state index in [2.05, 4.69) is 15.0 Å². The monoisotopic (exact) mass is 282 g/mol. The third kappa shape index (κ3) is 3.88. The van der Waals surface area contributed by atoms with E-state index < -0.39 is 12.8 Å². The van der Waals surface area contributed by atoms with Crippen LogP contribution in [0.2, 0.25) is 0 Å². The van der Waals surface area contributed by atoms with Gasteiger partial charge in [0.25, 0.3) is 0 Å². The molecule has 0 aliphatic rings. The van der Waals surface area contributed by atoms with Gasteiger partial charge in [-0.15, -0.1) is 0 Å². The Hall–Kier alpha value is -2.24. The number of hydrogen-bond donors (Lipinski definition) is 1. The van der Waals surface area contributed by atoms with E-state index in [9.17, 15) is 13.2 Å². The highest BCUT2D eigenvalue weighted by Crippen LogP contribution is 2.23. The van der Waals surface area contributed by atoms with Gasteiger partial charge in [0.05, 0.1) is 0 Å². The first-order valence-corrected chi connectivity index (χ1v) is 5.92. The number of pyridine rings is 1. The molecular formula is C14H13F3N2O. The van der Waals surface area contributed by atoms with E-state index in [1.165, 1.54) is 12.3 Å². The first kappa shape index (κ1) is 14.2. The summed E-state index contributed by atoms with van der Waals surface area (Å²) in [7, 11) is 1.82. The van der Waals surface area contributed by atoms with Gasteiger partial charge < -0.3 is 10.1 Å². The first-order valence-electron chi connectivity index (χ1n) is 5.92. The number of halogens is 3. The van der Waals surface area contributed by atoms with E-state index in [1.54, 1.807) is 6.07 Å². The zero-order chi connectivity index (χ0) is 14.6. The molecular weight excluding hydrogens is 269 g/mol. The van der Waals surface area contributed by atoms with Crippen LogP contribution in [-0.2, 0) is 0 Å². The number of aromatic nitrogens is 1. The quantitative estimate of drug-likeness (QED) is 0.927. The number of alkyl halides is 3. The van der Waals surface area contributed by atoms with Crippen LogP contribution in [0, 0.1) is 0 Å². The molecule has 1 N–H and O–H groups in total. The molecule has 3 nitrogen and oxygen atoms in total. The molecule has 0 aliphatic heterocycles. The van der Waals surface area contributed by atoms with Crippen LogP contribution in [0.5, 0.6) is 5.88 Å². The van der Waals surface area contributed by atoms with Gasteiger partial charge in [0.1, 0.15) is 0 Å². The maximum Gasteiger partial charge on any atom is 0.422 e. The van der Waals surface area contributed by atoms with Gasteiger partial charge in [-0.2, -0.15) is 13.2 Å². The van der Waals surface area contributed by atoms with Crippen LogP contribution in [0.1, 0.15) is 0 Å². The number of hydrogen-bond acceptors (Lipinski definition) is 3. The SMILES string of the molecule is CNc1ccc(-c2ccc(OCC(F)(F)F)nc2)cc1. The topological polar surface area (TPSA) is 34.1 Å². The first-order chi connectivity index (χ1) is 9.48. The van der Waals surface area contributed by atoms with Crippen molar-refractivity contribution in [2.45, 2.75) is 6.18 Å². The van der Waals surface area contributed by atoms with Crippen LogP contribution in [0.4, 0.5) is 18.9 Å². The van der Waals surface area contributed by atoms with Gasteiger partial charge in [0.15, 0.2) is 6.61 Å². The molecule has 1 heterocycles. The standard InChI is InChI=1S/C14H13F3N2O/c1-18-12-5-2-10(3-6-12)11-4-7-13(19-8-11)20-9-14(15,16)17/h2-8,18H,9H2,1H3. The lowest BCUT2D eigenvalue weighted by Gasteiger charge is -2.09. The van der Waals surface area contributed by atoms with E-state index in [-0.39, 0.29) is 5.88 Å². The van der Waals surface area contributed by atoms with E-state index in [4.69, 9.17) is 0 Å². The summed E-state index contributed by atoms with van der Waals surface area (Å²) in [5.74, 6) is -0.0436. The third-order valence-corrected chi connectivity index (χ3v) is 2.63. The average molecular weight is 282 g/mol. The second-order valence-electron chi connectivity index (χ2n) is 4.12. The Bertz CT molecular complexity index is 550. The molecule has 1 aromatic carbocycles. The van der Waals surface area contributed by atoms with Crippen LogP contribution in [0.15, 0.2) is 42.6 Å². The molecule has 0 bridgehead atoms. The fourth-order valence-electron chi connectivity index (χ4n) is 1.62. The smallest absolute Gasteiger partial charge is 0.422 e. The third-order valence-electron chi connectivity index (χ3n) is 2.63. The summed E-state index contributed by atoms with van der Waals surface area (Å²) in [5, 5.41) is 3.00. The van der Waals surface area contributed by atoms with Gasteiger partial charge >= 0.3 is 6.18 Å². The normalized spacial score (nSPS) is 11.2. The Morgan fingerprint density at radius 2 is 1.70 bits per heavy atom. The number of benzene rings is 1. The summed E-state index contributed by atoms with van der Waals surface area (Å²) in [5.41, 5.74) is 2.72. The lowest BCUT2D eigenvalue weighted by Crippen LogP contribution is -2.19. The van der Waals surface area contributed by atoms with Crippen molar-refractivity contribution in [2.75, 3.05) is 19.0 Å². The summed E-state index contributed by atoms with van der Waals surface area (Å²) in [6, 6.07) is 10.7. The second kappa shape index (κ2) is 5.81. The van der Waals surface area contributed by atoms with Crippen molar-refractivity contribution in [3.63, 3.8) is 0 Å². The minimum absolute atomic E-state index is 0.0436. The highest BCUT2D eigenvalue weighted by atomic mass is 19.4. The maximum absolute atomic E-state index is 12.0. The fraction of sp³-hybridized carbons (Fsp3) is 0.214. The molecule has 0 saturated heterocycles. The molecule has 1 aromatic heterocycles. The number of nitrogens with one attached hydrogen (secondary N) is 1. The van der Waals surface area contributed by atoms with Crippen molar-refractivity contribution in [1.82, 2.24) is 4.98 Å². The predicted molar refractivity (Wildman–Crippen MR) is 70.8 cm³/mol. The molecule has 6 heteroatoms. The molecule has 0 amide bonds. The largest absolute Gasteiger partial charge is 0.468 e. The predicted octanol–water partition coefficient (Wildman–Crippen LogP) is 3.73. The Labute approximate surface area is 114 Å². The van der Waals surface area contributed by atoms with Crippen LogP contribution < -0.4 is 10.1 Å². The van der Waals surface area contributed by atoms with Crippen LogP contribution >= 0.6 is 0 Å². The molecule has 20 heavy (non-hydrogen) atoms. The van der Waals surface area contributed by atoms with Crippen LogP contribution in [0.3, 0.4) is 0 Å². The molecule has 0 aliphatic carbocycles. The van der Waals surface area contributed by atoms with E-state index in [0.717, 1.165) is 16.8 Å². The zero-order valence-electron chi connectivity index (χ0n) is 10.7. The summed E-state index contributed by atoms with van der Waals surface area (Å²) in [6.45, 7) is -1.34. The number of nitrogens with zero attached hydrogens (tertiary/aromatic N) is 1. The van der Waals surface area contributed by atoms with Gasteiger partial charge in [0, 0.05) is 30.6 Å². The van der Waals surface area contributed by atoms with Crippen LogP contribution in [-0.4, -0.2) is 24.8 Å². The van der Waals surface area contributed by atoms with Gasteiger partial charge in [-0.3, -0.25) is 0 Å². The lowest BCUT2D eigenvalue weighted by molar-refractivity contribution is -0.154. The summed E-state index contributed by atoms with van der Waals surface area (Å²) in [6.07, 6.45) is -2.87. The molecule has 0 radical (unpaired) electrons. The minimum Gasteiger partial charge on any atom is -0.468 e. The molecule has 0 saturated carbocycles. The molecule has 0 fully saturated rings. The van der Waals surface area contributed by atoms with E-state index in [1.807, 2.05) is 31.3 Å². The minimum atomic E-state index is -4.36. The molecule has 106 valence electrons. The van der Waals surface area contributed by atoms with Crippen molar-refractivity contribution in [3.8, 4) is 17.0 Å². The van der Waals surface area contributed by atoms with Crippen molar-refractivity contribution >= 4 is 5.69 Å². The Morgan fingerprint density at radius 1 is 1.05 bits per heavy atom. The van der Waals surface area contributed by atoms with Crippen LogP contribution in [0.25, 0.3) is 11.1 Å². The Balaban J connectivity index is 2.07. The van der Waals surface area contributed by atoms with E-state index in [0.29, 0.717) is 0 Å². The van der Waals surface area contributed by atoms with Crippen molar-refractivity contribution < 1.29 is 17.9 Å². The molecule has 2 aromatic rings. The van der Waals surface area contributed by atoms with E-state index >= 15 is 0 Å². The maximum atomic E-state index is 12.0. The summed E-state index contributed by atoms with van der Waals surface area (Å²) >= 11 is 0. The van der Waals surface area contributed by atoms with Crippen molar-refractivity contribution in [2.24, 2.45) is 0 Å². The Kier molecular flexibility index (Phi) is 4.12. The Morgan fingerprint density at radius 3 is 2.20 bits per heavy atom. The van der Waals surface area contributed by atoms with Gasteiger partial charge in [-0.05, 0) is 23.8 Å². The second-order valence-corrected chi connectivity index (χ2v) is 4.12. The lowest BCUT2D eigenvalue weighted by atomic mass is 10.1. The number of anilines is 1. The highest BCUT2D eigenvalue weighted by molar-refractivity contribution is 5.65. The van der Waals surface area contributed by atoms with Crippen molar-refractivity contribution in [3.05, 3.63) is 42.6 Å². The molecule has 2 rings (SSSR count). The van der Waals surface area contributed by atoms with Gasteiger partial charge in [-0.1, -0.05) is 12.1 Å². The van der Waals surface area contributed by atoms with Gasteiger partial charge in [0.2, 0.25) is 5.88 Å². The molecule has 0 spiro atoms. The number of rotatable bonds is 4. The molecule has 0 unspecified atom stereocenters. The average Bonchev–Trinajstić information content (AvgIpc) is 2.45. The van der Waals surface area contributed by atoms with Crippen molar-refractivity contribution in [1.29, 1.82) is 0 Å². The summed E-state index contributed by atoms with van der Waals surface area (Å²) in [4.78, 5) is 3.86. The summed E-state index contributed by atoms with van der Waals surface area (Å²) < 4.78 is 40.5. The molecule has 0 atom stereocenters. The highest BCUT2D eigenvalue weighted by Gasteiger charge is 2.28. The fourth-order valence-corrected chi connectivity index (χ4v) is 1.62. The van der Waals surface area contributed by atoms with Gasteiger partial charge in [-0.25, -0.2) is 4.98 Å².